The van der Waals surface area contributed by atoms with E-state index in [2.05, 4.69) is 38.4 Å². The van der Waals surface area contributed by atoms with Crippen LogP contribution < -0.4 is 5.32 Å². The summed E-state index contributed by atoms with van der Waals surface area (Å²) < 4.78 is 5.65. The second kappa shape index (κ2) is 5.42. The molecule has 90 valence electrons. The molecule has 1 N–H and O–H groups in total. The zero-order chi connectivity index (χ0) is 12.3. The summed E-state index contributed by atoms with van der Waals surface area (Å²) in [4.78, 5) is 11.7. The summed E-state index contributed by atoms with van der Waals surface area (Å²) in [5.74, 6) is -0.0842. The number of carbonyl (C=O) groups excluding carboxylic acids is 1. The average Bonchev–Trinajstić information content (AvgIpc) is 2.88. The van der Waals surface area contributed by atoms with E-state index >= 15 is 0 Å². The smallest absolute Gasteiger partial charge is 0.293 e. The van der Waals surface area contributed by atoms with E-state index in [9.17, 15) is 4.79 Å². The van der Waals surface area contributed by atoms with E-state index in [-0.39, 0.29) is 11.7 Å². The summed E-state index contributed by atoms with van der Waals surface area (Å²) in [7, 11) is 0. The van der Waals surface area contributed by atoms with Crippen molar-refractivity contribution in [2.75, 3.05) is 5.32 Å². The minimum Gasteiger partial charge on any atom is -0.444 e. The Hall–Kier alpha value is -1.21. The Labute approximate surface area is 110 Å². The van der Waals surface area contributed by atoms with Gasteiger partial charge in [0.1, 0.15) is 5.01 Å². The number of carbonyl (C=O) groups is 1. The van der Waals surface area contributed by atoms with Gasteiger partial charge in [0.25, 0.3) is 5.91 Å². The highest BCUT2D eigenvalue weighted by Gasteiger charge is 2.13. The first-order valence-electron chi connectivity index (χ1n) is 5.08. The Morgan fingerprint density at radius 1 is 1.53 bits per heavy atom. The summed E-state index contributed by atoms with van der Waals surface area (Å²) in [6, 6.07) is 3.25. The van der Waals surface area contributed by atoms with Crippen LogP contribution in [0.15, 0.2) is 21.2 Å². The highest BCUT2D eigenvalue weighted by molar-refractivity contribution is 9.10. The van der Waals surface area contributed by atoms with Gasteiger partial charge >= 0.3 is 0 Å². The average molecular weight is 316 g/mol. The molecule has 0 spiro atoms. The molecule has 0 radical (unpaired) electrons. The first-order valence-corrected chi connectivity index (χ1v) is 6.69. The summed E-state index contributed by atoms with van der Waals surface area (Å²) >= 11 is 4.52. The quantitative estimate of drug-likeness (QED) is 0.941. The molecule has 5 nitrogen and oxygen atoms in total. The van der Waals surface area contributed by atoms with Crippen LogP contribution in [-0.2, 0) is 6.42 Å². The predicted molar refractivity (Wildman–Crippen MR) is 68.3 cm³/mol. The monoisotopic (exact) mass is 315 g/mol. The number of anilines is 1. The Kier molecular flexibility index (Phi) is 3.90. The van der Waals surface area contributed by atoms with Crippen molar-refractivity contribution in [3.63, 3.8) is 0 Å². The van der Waals surface area contributed by atoms with Gasteiger partial charge in [-0.2, -0.15) is 0 Å². The van der Waals surface area contributed by atoms with Crippen LogP contribution in [0.5, 0.6) is 0 Å². The van der Waals surface area contributed by atoms with Gasteiger partial charge in [0.2, 0.25) is 5.13 Å². The van der Waals surface area contributed by atoms with Gasteiger partial charge in [0.05, 0.1) is 0 Å². The number of hydrogen-bond donors (Lipinski definition) is 1. The van der Waals surface area contributed by atoms with Gasteiger partial charge in [-0.25, -0.2) is 0 Å². The summed E-state index contributed by atoms with van der Waals surface area (Å²) in [6.45, 7) is 2.07. The molecule has 0 saturated carbocycles. The molecule has 0 aliphatic carbocycles. The fraction of sp³-hybridized carbons (Fsp3) is 0.300. The molecule has 7 heteroatoms. The molecule has 2 heterocycles. The normalized spacial score (nSPS) is 10.5. The zero-order valence-corrected chi connectivity index (χ0v) is 11.5. The van der Waals surface area contributed by atoms with E-state index in [4.69, 9.17) is 4.42 Å². The first kappa shape index (κ1) is 12.3. The highest BCUT2D eigenvalue weighted by Crippen LogP contribution is 2.19. The summed E-state index contributed by atoms with van der Waals surface area (Å²) in [5.41, 5.74) is 0. The van der Waals surface area contributed by atoms with Gasteiger partial charge in [-0.3, -0.25) is 10.1 Å². The van der Waals surface area contributed by atoms with Crippen molar-refractivity contribution in [1.82, 2.24) is 10.2 Å². The molecule has 2 aromatic heterocycles. The number of aryl methyl sites for hydroxylation is 1. The number of hydrogen-bond acceptors (Lipinski definition) is 5. The van der Waals surface area contributed by atoms with Crippen LogP contribution in [0.2, 0.25) is 0 Å². The first-order chi connectivity index (χ1) is 8.19. The van der Waals surface area contributed by atoms with Crippen molar-refractivity contribution in [3.8, 4) is 0 Å². The van der Waals surface area contributed by atoms with E-state index in [1.807, 2.05) is 0 Å². The lowest BCUT2D eigenvalue weighted by Gasteiger charge is -1.95. The predicted octanol–water partition coefficient (Wildman–Crippen LogP) is 3.10. The number of furan rings is 1. The minimum atomic E-state index is -0.324. The summed E-state index contributed by atoms with van der Waals surface area (Å²) in [5, 5.41) is 11.9. The Bertz CT molecular complexity index is 523. The van der Waals surface area contributed by atoms with Crippen molar-refractivity contribution >= 4 is 38.3 Å². The summed E-state index contributed by atoms with van der Waals surface area (Å²) in [6.07, 6.45) is 1.88. The molecule has 2 aromatic rings. The van der Waals surface area contributed by atoms with E-state index in [0.29, 0.717) is 9.80 Å². The molecule has 0 saturated heterocycles. The van der Waals surface area contributed by atoms with E-state index in [1.165, 1.54) is 11.3 Å². The maximum Gasteiger partial charge on any atom is 0.293 e. The molecule has 17 heavy (non-hydrogen) atoms. The van der Waals surface area contributed by atoms with Crippen LogP contribution in [0.3, 0.4) is 0 Å². The number of nitrogens with one attached hydrogen (secondary N) is 1. The van der Waals surface area contributed by atoms with Crippen molar-refractivity contribution in [2.45, 2.75) is 19.8 Å². The molecular weight excluding hydrogens is 306 g/mol. The van der Waals surface area contributed by atoms with Crippen LogP contribution in [0.25, 0.3) is 0 Å². The third-order valence-electron chi connectivity index (χ3n) is 1.95. The number of aromatic nitrogens is 2. The van der Waals surface area contributed by atoms with Crippen LogP contribution in [0.1, 0.15) is 28.9 Å². The minimum absolute atomic E-state index is 0.240. The maximum absolute atomic E-state index is 11.7. The number of amides is 1. The zero-order valence-electron chi connectivity index (χ0n) is 9.07. The molecule has 0 aliphatic rings. The van der Waals surface area contributed by atoms with Crippen molar-refractivity contribution in [1.29, 1.82) is 0 Å². The molecule has 0 unspecified atom stereocenters. The van der Waals surface area contributed by atoms with E-state index in [0.717, 1.165) is 17.8 Å². The fourth-order valence-electron chi connectivity index (χ4n) is 1.21. The molecule has 0 atom stereocenters. The lowest BCUT2D eigenvalue weighted by molar-refractivity contribution is 0.0995. The molecule has 2 rings (SSSR count). The Morgan fingerprint density at radius 2 is 2.35 bits per heavy atom. The maximum atomic E-state index is 11.7. The van der Waals surface area contributed by atoms with Gasteiger partial charge in [-0.1, -0.05) is 18.3 Å². The van der Waals surface area contributed by atoms with Gasteiger partial charge in [-0.05, 0) is 34.5 Å². The number of halogens is 1. The van der Waals surface area contributed by atoms with Crippen molar-refractivity contribution in [3.05, 3.63) is 27.6 Å². The number of rotatable bonds is 4. The van der Waals surface area contributed by atoms with E-state index < -0.39 is 0 Å². The SMILES string of the molecule is CCCc1nnc(NC(=O)c2ccc(Br)o2)s1. The fourth-order valence-corrected chi connectivity index (χ4v) is 2.36. The van der Waals surface area contributed by atoms with Crippen LogP contribution in [-0.4, -0.2) is 16.1 Å². The van der Waals surface area contributed by atoms with Crippen molar-refractivity contribution < 1.29 is 9.21 Å². The van der Waals surface area contributed by atoms with Gasteiger partial charge in [0, 0.05) is 6.42 Å². The second-order valence-corrected chi connectivity index (χ2v) is 5.15. The Balaban J connectivity index is 2.02. The van der Waals surface area contributed by atoms with Gasteiger partial charge in [-0.15, -0.1) is 10.2 Å². The molecule has 0 aliphatic heterocycles. The van der Waals surface area contributed by atoms with Crippen LogP contribution in [0, 0.1) is 0 Å². The van der Waals surface area contributed by atoms with Crippen LogP contribution in [0.4, 0.5) is 5.13 Å². The Morgan fingerprint density at radius 3 is 3.00 bits per heavy atom. The van der Waals surface area contributed by atoms with Gasteiger partial charge < -0.3 is 4.42 Å². The third-order valence-corrected chi connectivity index (χ3v) is 3.27. The molecular formula is C10H10BrN3O2S. The largest absolute Gasteiger partial charge is 0.444 e. The molecule has 0 fully saturated rings. The molecule has 1 amide bonds. The van der Waals surface area contributed by atoms with Crippen LogP contribution >= 0.6 is 27.3 Å². The third kappa shape index (κ3) is 3.13. The lowest BCUT2D eigenvalue weighted by Crippen LogP contribution is -2.10. The van der Waals surface area contributed by atoms with E-state index in [1.54, 1.807) is 12.1 Å². The standard InChI is InChI=1S/C10H10BrN3O2S/c1-2-3-8-13-14-10(17-8)12-9(15)6-4-5-7(11)16-6/h4-5H,2-3H2,1H3,(H,12,14,15). The van der Waals surface area contributed by atoms with Gasteiger partial charge in [0.15, 0.2) is 10.4 Å². The topological polar surface area (TPSA) is 68.0 Å². The lowest BCUT2D eigenvalue weighted by atomic mass is 10.4. The number of nitrogens with zero attached hydrogens (tertiary/aromatic N) is 2. The molecule has 0 bridgehead atoms. The highest BCUT2D eigenvalue weighted by atomic mass is 79.9. The second-order valence-electron chi connectivity index (χ2n) is 3.31. The van der Waals surface area contributed by atoms with Crippen molar-refractivity contribution in [2.24, 2.45) is 0 Å². The molecule has 0 aromatic carbocycles.